The second-order valence-electron chi connectivity index (χ2n) is 5.20. The van der Waals surface area contributed by atoms with Crippen molar-refractivity contribution in [3.05, 3.63) is 41.0 Å². The van der Waals surface area contributed by atoms with Crippen LogP contribution in [-0.2, 0) is 22.4 Å². The standard InChI is InChI=1S/C12H13.C4H11Si.2ClH.Zr/c1-3-10-8-11-6-4-5-7-12(11)9(10)2;1-3-5-4-2;;;/h4-8H,3H2,1-2H3;5H,3-4H2,1-2H3;2*1H;/q;;;;+2/p-2. The second-order valence-corrected chi connectivity index (χ2v) is 18.5. The molecule has 0 bridgehead atoms. The van der Waals surface area contributed by atoms with E-state index in [0.717, 1.165) is 3.63 Å². The largest absolute Gasteiger partial charge is 1.00 e. The van der Waals surface area contributed by atoms with Crippen LogP contribution in [0.1, 0.15) is 48.9 Å². The zero-order chi connectivity index (χ0) is 13.1. The number of hydrogen-bond donors (Lipinski definition) is 0. The van der Waals surface area contributed by atoms with E-state index >= 15 is 0 Å². The average molecular weight is 407 g/mol. The van der Waals surface area contributed by atoms with Gasteiger partial charge in [-0.2, -0.15) is 0 Å². The number of benzene rings is 1. The number of halogens is 2. The van der Waals surface area contributed by atoms with Crippen molar-refractivity contribution in [2.45, 2.75) is 49.8 Å². The maximum Gasteiger partial charge on any atom is -1.00 e. The van der Waals surface area contributed by atoms with Gasteiger partial charge in [-0.15, -0.1) is 0 Å². The molecule has 0 fully saturated rings. The molecule has 0 aromatic heterocycles. The Hall–Kier alpha value is 0.640. The molecular weight excluding hydrogens is 382 g/mol. The van der Waals surface area contributed by atoms with E-state index in [2.05, 4.69) is 52.0 Å². The van der Waals surface area contributed by atoms with Crippen molar-refractivity contribution in [2.24, 2.45) is 0 Å². The summed E-state index contributed by atoms with van der Waals surface area (Å²) in [6.07, 6.45) is 1.26. The van der Waals surface area contributed by atoms with Gasteiger partial charge in [-0.1, -0.05) is 0 Å². The number of rotatable bonds is 5. The van der Waals surface area contributed by atoms with E-state index in [1.807, 2.05) is 0 Å². The predicted octanol–water partition coefficient (Wildman–Crippen LogP) is -1.22. The molecule has 0 saturated heterocycles. The van der Waals surface area contributed by atoms with Gasteiger partial charge < -0.3 is 24.8 Å². The van der Waals surface area contributed by atoms with Crippen LogP contribution in [-0.4, -0.2) is 5.92 Å². The summed E-state index contributed by atoms with van der Waals surface area (Å²) >= 11 is -0.228. The average Bonchev–Trinajstić information content (AvgIpc) is 2.69. The smallest absolute Gasteiger partial charge is 1.00 e. The first kappa shape index (κ1) is 20.6. The van der Waals surface area contributed by atoms with Crippen LogP contribution in [0.3, 0.4) is 0 Å². The summed E-state index contributed by atoms with van der Waals surface area (Å²) in [6.45, 7) is 9.58. The van der Waals surface area contributed by atoms with Crippen molar-refractivity contribution in [1.29, 1.82) is 0 Å². The van der Waals surface area contributed by atoms with E-state index in [1.54, 1.807) is 22.3 Å². The van der Waals surface area contributed by atoms with E-state index in [9.17, 15) is 0 Å². The second kappa shape index (κ2) is 9.62. The van der Waals surface area contributed by atoms with Crippen LogP contribution in [0.15, 0.2) is 29.8 Å². The van der Waals surface area contributed by atoms with Crippen molar-refractivity contribution in [2.75, 3.05) is 0 Å². The SMILES string of the molecule is CCC1=C(C)c2ccccc2[CH]1[Zr+2][SiH](CC)CC.[Cl-].[Cl-]. The Labute approximate surface area is 148 Å². The first-order valence-corrected chi connectivity index (χ1v) is 15.2. The van der Waals surface area contributed by atoms with Crippen LogP contribution in [0.2, 0.25) is 12.1 Å². The summed E-state index contributed by atoms with van der Waals surface area (Å²) < 4.78 is 0.923. The molecule has 0 aliphatic heterocycles. The fraction of sp³-hybridized carbons (Fsp3) is 0.500. The van der Waals surface area contributed by atoms with Gasteiger partial charge in [0.1, 0.15) is 0 Å². The molecule has 1 aliphatic carbocycles. The maximum absolute atomic E-state index is 2.43. The molecule has 110 valence electrons. The summed E-state index contributed by atoms with van der Waals surface area (Å²) in [5.41, 5.74) is 6.67. The Morgan fingerprint density at radius 2 is 1.65 bits per heavy atom. The first-order chi connectivity index (χ1) is 8.72. The van der Waals surface area contributed by atoms with Crippen LogP contribution in [0.25, 0.3) is 5.57 Å². The van der Waals surface area contributed by atoms with Crippen LogP contribution in [0, 0.1) is 0 Å². The van der Waals surface area contributed by atoms with Gasteiger partial charge in [0.2, 0.25) is 0 Å². The summed E-state index contributed by atoms with van der Waals surface area (Å²) in [4.78, 5) is 0. The third-order valence-electron chi connectivity index (χ3n) is 4.27. The molecule has 0 amide bonds. The third kappa shape index (κ3) is 4.09. The van der Waals surface area contributed by atoms with Crippen molar-refractivity contribution in [3.8, 4) is 0 Å². The van der Waals surface area contributed by atoms with Crippen molar-refractivity contribution >= 4 is 11.5 Å². The molecule has 1 unspecified atom stereocenters. The monoisotopic (exact) mass is 404 g/mol. The molecule has 0 spiro atoms. The minimum absolute atomic E-state index is 0. The zero-order valence-electron chi connectivity index (χ0n) is 12.8. The molecule has 0 nitrogen and oxygen atoms in total. The fourth-order valence-corrected chi connectivity index (χ4v) is 16.4. The van der Waals surface area contributed by atoms with Gasteiger partial charge in [0.05, 0.1) is 0 Å². The molecule has 0 N–H and O–H groups in total. The molecule has 0 saturated carbocycles. The van der Waals surface area contributed by atoms with E-state index in [-0.39, 0.29) is 53.1 Å². The molecule has 1 aromatic carbocycles. The van der Waals surface area contributed by atoms with Gasteiger partial charge in [0, 0.05) is 0 Å². The molecule has 0 radical (unpaired) electrons. The third-order valence-corrected chi connectivity index (χ3v) is 20.6. The summed E-state index contributed by atoms with van der Waals surface area (Å²) in [5, 5.41) is 0. The summed E-state index contributed by atoms with van der Waals surface area (Å²) in [6, 6.07) is 12.2. The van der Waals surface area contributed by atoms with Crippen molar-refractivity contribution in [3.63, 3.8) is 0 Å². The van der Waals surface area contributed by atoms with E-state index in [4.69, 9.17) is 0 Å². The summed E-state index contributed by atoms with van der Waals surface area (Å²) in [5.74, 6) is -0.348. The van der Waals surface area contributed by atoms with Gasteiger partial charge >= 0.3 is 125 Å². The fourth-order valence-electron chi connectivity index (χ4n) is 3.09. The van der Waals surface area contributed by atoms with Crippen LogP contribution in [0.4, 0.5) is 0 Å². The molecule has 2 rings (SSSR count). The Morgan fingerprint density at radius 3 is 2.20 bits per heavy atom. The van der Waals surface area contributed by atoms with Crippen molar-refractivity contribution < 1.29 is 47.2 Å². The Morgan fingerprint density at radius 1 is 1.05 bits per heavy atom. The topological polar surface area (TPSA) is 0 Å². The van der Waals surface area contributed by atoms with Crippen LogP contribution >= 0.6 is 0 Å². The van der Waals surface area contributed by atoms with Gasteiger partial charge in [0.25, 0.3) is 0 Å². The van der Waals surface area contributed by atoms with Gasteiger partial charge in [-0.25, -0.2) is 0 Å². The number of fused-ring (bicyclic) bond motifs is 1. The predicted molar refractivity (Wildman–Crippen MR) is 80.2 cm³/mol. The Balaban J connectivity index is 0.00000180. The quantitative estimate of drug-likeness (QED) is 0.538. The molecule has 1 aliphatic rings. The minimum Gasteiger partial charge on any atom is -1.00 e. The van der Waals surface area contributed by atoms with Gasteiger partial charge in [-0.05, 0) is 0 Å². The van der Waals surface area contributed by atoms with Crippen molar-refractivity contribution in [1.82, 2.24) is 0 Å². The molecule has 1 atom stereocenters. The van der Waals surface area contributed by atoms with E-state index < -0.39 is 0 Å². The number of allylic oxidation sites excluding steroid dienone is 2. The minimum atomic E-state index is -0.348. The van der Waals surface area contributed by atoms with Crippen LogP contribution in [0.5, 0.6) is 0 Å². The van der Waals surface area contributed by atoms with E-state index in [1.165, 1.54) is 18.5 Å². The first-order valence-electron chi connectivity index (χ1n) is 7.27. The van der Waals surface area contributed by atoms with Gasteiger partial charge in [-0.3, -0.25) is 0 Å². The normalized spacial score (nSPS) is 16.4. The summed E-state index contributed by atoms with van der Waals surface area (Å²) in [7, 11) is 0. The zero-order valence-corrected chi connectivity index (χ0v) is 18.0. The molecule has 4 heteroatoms. The molecule has 0 heterocycles. The Kier molecular flexibility index (Phi) is 9.92. The maximum atomic E-state index is 2.43. The molecular formula is C16H24Cl2SiZr. The van der Waals surface area contributed by atoms with Gasteiger partial charge in [0.15, 0.2) is 0 Å². The Bertz CT molecular complexity index is 456. The van der Waals surface area contributed by atoms with Crippen LogP contribution < -0.4 is 24.8 Å². The molecule has 1 aromatic rings. The number of hydrogen-bond acceptors (Lipinski definition) is 0. The van der Waals surface area contributed by atoms with E-state index in [0.29, 0.717) is 0 Å². The molecule has 20 heavy (non-hydrogen) atoms.